The van der Waals surface area contributed by atoms with Gasteiger partial charge in [-0.1, -0.05) is 13.3 Å². The molecule has 1 atom stereocenters. The average Bonchev–Trinajstić information content (AvgIpc) is 1.99. The van der Waals surface area contributed by atoms with Crippen molar-refractivity contribution in [2.45, 2.75) is 32.7 Å². The van der Waals surface area contributed by atoms with Crippen LogP contribution in [-0.2, 0) is 9.59 Å². The van der Waals surface area contributed by atoms with Crippen molar-refractivity contribution in [2.24, 2.45) is 0 Å². The van der Waals surface area contributed by atoms with Crippen LogP contribution in [0.15, 0.2) is 0 Å². The Morgan fingerprint density at radius 3 is 2.67 bits per heavy atom. The smallest absolute Gasteiger partial charge is 0.242 e. The Labute approximate surface area is 76.9 Å². The lowest BCUT2D eigenvalue weighted by Crippen LogP contribution is -2.44. The summed E-state index contributed by atoms with van der Waals surface area (Å²) < 4.78 is 20.6. The molecule has 2 amide bonds. The minimum Gasteiger partial charge on any atom is -0.357 e. The Morgan fingerprint density at radius 2 is 2.25 bits per heavy atom. The SMILES string of the molecule is [2H]C([2H])([2H])NC(=O)C(CCC)NC(C)=O. The minimum absolute atomic E-state index is 0.353. The zero-order valence-electron chi connectivity index (χ0n) is 10.3. The third-order valence-electron chi connectivity index (χ3n) is 1.39. The lowest BCUT2D eigenvalue weighted by atomic mass is 10.1. The van der Waals surface area contributed by atoms with E-state index in [1.807, 2.05) is 12.2 Å². The molecule has 0 aromatic rings. The second-order valence-corrected chi connectivity index (χ2v) is 2.53. The Balaban J connectivity index is 4.35. The maximum atomic E-state index is 11.4. The van der Waals surface area contributed by atoms with E-state index in [0.29, 0.717) is 12.8 Å². The highest BCUT2D eigenvalue weighted by Gasteiger charge is 2.15. The molecule has 0 fully saturated rings. The number of likely N-dealkylation sites (N-methyl/N-ethyl adjacent to an activating group) is 1. The topological polar surface area (TPSA) is 58.2 Å². The van der Waals surface area contributed by atoms with Crippen molar-refractivity contribution in [3.05, 3.63) is 0 Å². The molecule has 0 aliphatic carbocycles. The van der Waals surface area contributed by atoms with E-state index in [-0.39, 0.29) is 5.91 Å². The van der Waals surface area contributed by atoms with Crippen molar-refractivity contribution in [3.63, 3.8) is 0 Å². The molecule has 4 nitrogen and oxygen atoms in total. The summed E-state index contributed by atoms with van der Waals surface area (Å²) in [5.41, 5.74) is 0. The summed E-state index contributed by atoms with van der Waals surface area (Å²) in [4.78, 5) is 22.2. The van der Waals surface area contributed by atoms with Crippen molar-refractivity contribution in [3.8, 4) is 0 Å². The van der Waals surface area contributed by atoms with E-state index in [9.17, 15) is 9.59 Å². The predicted octanol–water partition coefficient (Wildman–Crippen LogP) is 0.0372. The Hall–Kier alpha value is -1.06. The second kappa shape index (κ2) is 5.57. The molecule has 0 saturated carbocycles. The summed E-state index contributed by atoms with van der Waals surface area (Å²) in [6.45, 7) is 0.615. The monoisotopic (exact) mass is 175 g/mol. The summed E-state index contributed by atoms with van der Waals surface area (Å²) in [5.74, 6) is -1.03. The number of nitrogens with one attached hydrogen (secondary N) is 2. The third kappa shape index (κ3) is 3.95. The summed E-state index contributed by atoms with van der Waals surface area (Å²) >= 11 is 0. The van der Waals surface area contributed by atoms with Crippen molar-refractivity contribution >= 4 is 11.8 Å². The van der Waals surface area contributed by atoms with Crippen LogP contribution in [0.3, 0.4) is 0 Å². The predicted molar refractivity (Wildman–Crippen MR) is 46.6 cm³/mol. The first kappa shape index (κ1) is 6.46. The number of carbonyl (C=O) groups is 2. The van der Waals surface area contributed by atoms with E-state index in [1.54, 1.807) is 0 Å². The molecule has 0 aromatic heterocycles. The molecule has 0 spiro atoms. The van der Waals surface area contributed by atoms with Gasteiger partial charge >= 0.3 is 0 Å². The zero-order valence-corrected chi connectivity index (χ0v) is 7.31. The van der Waals surface area contributed by atoms with Gasteiger partial charge < -0.3 is 10.6 Å². The van der Waals surface area contributed by atoms with Gasteiger partial charge in [-0.2, -0.15) is 0 Å². The summed E-state index contributed by atoms with van der Waals surface area (Å²) in [6, 6.07) is -0.770. The first-order valence-corrected chi connectivity index (χ1v) is 3.85. The van der Waals surface area contributed by atoms with Crippen molar-refractivity contribution in [1.82, 2.24) is 10.6 Å². The molecule has 0 radical (unpaired) electrons. The molecule has 2 N–H and O–H groups in total. The van der Waals surface area contributed by atoms with Crippen LogP contribution in [-0.4, -0.2) is 24.8 Å². The van der Waals surface area contributed by atoms with Gasteiger partial charge in [-0.3, -0.25) is 9.59 Å². The molecule has 0 saturated heterocycles. The van der Waals surface area contributed by atoms with E-state index in [1.165, 1.54) is 6.92 Å². The molecule has 0 bridgehead atoms. The average molecular weight is 175 g/mol. The largest absolute Gasteiger partial charge is 0.357 e. The maximum Gasteiger partial charge on any atom is 0.242 e. The molecule has 12 heavy (non-hydrogen) atoms. The Bertz CT molecular complexity index is 241. The highest BCUT2D eigenvalue weighted by molar-refractivity contribution is 5.86. The quantitative estimate of drug-likeness (QED) is 0.633. The van der Waals surface area contributed by atoms with Gasteiger partial charge in [0.2, 0.25) is 11.8 Å². The third-order valence-corrected chi connectivity index (χ3v) is 1.39. The molecule has 0 aliphatic heterocycles. The standard InChI is InChI=1S/C8H16N2O2/c1-4-5-7(8(12)9-3)10-6(2)11/h7H,4-5H2,1-3H3,(H,9,12)(H,10,11)/i3D3. The van der Waals surface area contributed by atoms with Crippen LogP contribution in [0.25, 0.3) is 0 Å². The van der Waals surface area contributed by atoms with E-state index in [2.05, 4.69) is 5.32 Å². The summed E-state index contributed by atoms with van der Waals surface area (Å²) in [6.07, 6.45) is 1.10. The first-order chi connectivity index (χ1) is 6.76. The zero-order chi connectivity index (χ0) is 12.1. The molecule has 0 aromatic carbocycles. The summed E-state index contributed by atoms with van der Waals surface area (Å²) in [7, 11) is 0. The molecular weight excluding hydrogens is 156 g/mol. The highest BCUT2D eigenvalue weighted by atomic mass is 16.2. The normalized spacial score (nSPS) is 16.7. The molecule has 0 rings (SSSR count). The van der Waals surface area contributed by atoms with Gasteiger partial charge in [0.25, 0.3) is 0 Å². The molecule has 70 valence electrons. The fourth-order valence-corrected chi connectivity index (χ4v) is 0.890. The van der Waals surface area contributed by atoms with E-state index in [4.69, 9.17) is 4.11 Å². The lowest BCUT2D eigenvalue weighted by molar-refractivity contribution is -0.127. The van der Waals surface area contributed by atoms with Crippen LogP contribution >= 0.6 is 0 Å². The van der Waals surface area contributed by atoms with E-state index >= 15 is 0 Å². The van der Waals surface area contributed by atoms with Crippen LogP contribution in [0.2, 0.25) is 0 Å². The number of hydrogen-bond donors (Lipinski definition) is 2. The van der Waals surface area contributed by atoms with E-state index in [0.717, 1.165) is 0 Å². The van der Waals surface area contributed by atoms with Crippen LogP contribution in [0.5, 0.6) is 0 Å². The van der Waals surface area contributed by atoms with Crippen molar-refractivity contribution < 1.29 is 13.7 Å². The van der Waals surface area contributed by atoms with Crippen LogP contribution < -0.4 is 10.6 Å². The fraction of sp³-hybridized carbons (Fsp3) is 0.750. The van der Waals surface area contributed by atoms with Gasteiger partial charge in [-0.15, -0.1) is 0 Å². The molecule has 4 heteroatoms. The lowest BCUT2D eigenvalue weighted by Gasteiger charge is -2.14. The van der Waals surface area contributed by atoms with Crippen LogP contribution in [0.1, 0.15) is 30.8 Å². The number of amides is 2. The van der Waals surface area contributed by atoms with Crippen LogP contribution in [0, 0.1) is 0 Å². The Kier molecular flexibility index (Phi) is 3.00. The summed E-state index contributed by atoms with van der Waals surface area (Å²) in [5, 5.41) is 4.26. The van der Waals surface area contributed by atoms with Gasteiger partial charge in [0.15, 0.2) is 0 Å². The van der Waals surface area contributed by atoms with Gasteiger partial charge in [-0.05, 0) is 6.42 Å². The van der Waals surface area contributed by atoms with Gasteiger partial charge in [0.1, 0.15) is 6.04 Å². The first-order valence-electron chi connectivity index (χ1n) is 5.35. The molecule has 0 heterocycles. The minimum atomic E-state index is -2.51. The van der Waals surface area contributed by atoms with Crippen molar-refractivity contribution in [1.29, 1.82) is 0 Å². The number of rotatable bonds is 4. The van der Waals surface area contributed by atoms with Crippen LogP contribution in [0.4, 0.5) is 0 Å². The fourth-order valence-electron chi connectivity index (χ4n) is 0.890. The van der Waals surface area contributed by atoms with Gasteiger partial charge in [0, 0.05) is 18.0 Å². The molecular formula is C8H16N2O2. The maximum absolute atomic E-state index is 11.4. The van der Waals surface area contributed by atoms with Gasteiger partial charge in [0.05, 0.1) is 0 Å². The molecule has 1 unspecified atom stereocenters. The number of hydrogen-bond acceptors (Lipinski definition) is 2. The number of carbonyl (C=O) groups excluding carboxylic acids is 2. The van der Waals surface area contributed by atoms with E-state index < -0.39 is 18.9 Å². The highest BCUT2D eigenvalue weighted by Crippen LogP contribution is 1.96. The van der Waals surface area contributed by atoms with Crippen molar-refractivity contribution in [2.75, 3.05) is 6.98 Å². The van der Waals surface area contributed by atoms with Gasteiger partial charge in [-0.25, -0.2) is 0 Å². The second-order valence-electron chi connectivity index (χ2n) is 2.53. The molecule has 0 aliphatic rings. The Morgan fingerprint density at radius 1 is 1.58 bits per heavy atom.